The van der Waals surface area contributed by atoms with Gasteiger partial charge >= 0.3 is 5.97 Å². The van der Waals surface area contributed by atoms with Crippen molar-refractivity contribution >= 4 is 11.7 Å². The summed E-state index contributed by atoms with van der Waals surface area (Å²) in [6.45, 7) is 2.77. The third kappa shape index (κ3) is 3.03. The number of aromatic carboxylic acids is 1. The predicted molar refractivity (Wildman–Crippen MR) is 68.3 cm³/mol. The van der Waals surface area contributed by atoms with E-state index in [1.807, 2.05) is 0 Å². The molecule has 19 heavy (non-hydrogen) atoms. The molecule has 2 rings (SSSR count). The Hall–Kier alpha value is -1.65. The molecule has 0 radical (unpaired) electrons. The Kier molecular flexibility index (Phi) is 4.02. The van der Waals surface area contributed by atoms with Crippen LogP contribution in [0.4, 0.5) is 14.5 Å². The third-order valence-corrected chi connectivity index (χ3v) is 3.70. The minimum Gasteiger partial charge on any atom is -0.478 e. The van der Waals surface area contributed by atoms with E-state index in [0.29, 0.717) is 18.4 Å². The molecule has 0 amide bonds. The van der Waals surface area contributed by atoms with Crippen LogP contribution < -0.4 is 5.32 Å². The average molecular weight is 269 g/mol. The van der Waals surface area contributed by atoms with Gasteiger partial charge in [-0.05, 0) is 36.8 Å². The van der Waals surface area contributed by atoms with E-state index in [4.69, 9.17) is 5.11 Å². The molecule has 3 nitrogen and oxygen atoms in total. The van der Waals surface area contributed by atoms with E-state index in [2.05, 4.69) is 12.2 Å². The van der Waals surface area contributed by atoms with E-state index in [-0.39, 0.29) is 5.69 Å². The summed E-state index contributed by atoms with van der Waals surface area (Å²) in [6, 6.07) is 2.36. The van der Waals surface area contributed by atoms with Crippen LogP contribution in [-0.4, -0.2) is 17.6 Å². The maximum atomic E-state index is 13.7. The first-order valence-corrected chi connectivity index (χ1v) is 6.44. The van der Waals surface area contributed by atoms with Crippen LogP contribution in [0.25, 0.3) is 0 Å². The van der Waals surface area contributed by atoms with Gasteiger partial charge < -0.3 is 10.4 Å². The van der Waals surface area contributed by atoms with Gasteiger partial charge in [0.05, 0.1) is 11.3 Å². The highest BCUT2D eigenvalue weighted by Gasteiger charge is 2.22. The molecule has 104 valence electrons. The molecule has 1 aromatic rings. The lowest BCUT2D eigenvalue weighted by atomic mass is 10.1. The van der Waals surface area contributed by atoms with Gasteiger partial charge in [-0.15, -0.1) is 0 Å². The summed E-state index contributed by atoms with van der Waals surface area (Å²) in [4.78, 5) is 10.7. The summed E-state index contributed by atoms with van der Waals surface area (Å²) in [5.74, 6) is -2.74. The van der Waals surface area contributed by atoms with Gasteiger partial charge in [0.2, 0.25) is 0 Å². The molecule has 0 aliphatic heterocycles. The van der Waals surface area contributed by atoms with Crippen LogP contribution in [0, 0.1) is 23.5 Å². The smallest absolute Gasteiger partial charge is 0.338 e. The highest BCUT2D eigenvalue weighted by atomic mass is 19.2. The Bertz CT molecular complexity index is 491. The number of carboxylic acid groups (broad SMARTS) is 1. The maximum absolute atomic E-state index is 13.7. The van der Waals surface area contributed by atoms with Gasteiger partial charge in [-0.1, -0.05) is 13.3 Å². The van der Waals surface area contributed by atoms with Crippen LogP contribution in [-0.2, 0) is 0 Å². The van der Waals surface area contributed by atoms with Gasteiger partial charge in [0.25, 0.3) is 0 Å². The van der Waals surface area contributed by atoms with Crippen LogP contribution in [0.5, 0.6) is 0 Å². The van der Waals surface area contributed by atoms with Crippen molar-refractivity contribution in [2.24, 2.45) is 11.8 Å². The zero-order valence-corrected chi connectivity index (χ0v) is 10.7. The Morgan fingerprint density at radius 2 is 2.11 bits per heavy atom. The normalized spacial score (nSPS) is 22.5. The third-order valence-electron chi connectivity index (χ3n) is 3.70. The molecule has 0 spiro atoms. The molecule has 0 bridgehead atoms. The van der Waals surface area contributed by atoms with E-state index >= 15 is 0 Å². The van der Waals surface area contributed by atoms with Gasteiger partial charge in [-0.2, -0.15) is 0 Å². The molecular weight excluding hydrogens is 252 g/mol. The molecule has 2 atom stereocenters. The number of rotatable bonds is 4. The number of carbonyl (C=O) groups is 1. The van der Waals surface area contributed by atoms with Crippen molar-refractivity contribution < 1.29 is 18.7 Å². The number of halogens is 2. The molecule has 0 aromatic heterocycles. The molecule has 1 fully saturated rings. The molecule has 1 aromatic carbocycles. The number of carboxylic acids is 1. The lowest BCUT2D eigenvalue weighted by Crippen LogP contribution is -2.14. The Balaban J connectivity index is 2.05. The van der Waals surface area contributed by atoms with Crippen LogP contribution in [0.15, 0.2) is 12.1 Å². The SMILES string of the molecule is CC1CCC(CNc2ccc(C(=O)O)c(F)c2F)C1. The monoisotopic (exact) mass is 269 g/mol. The zero-order valence-electron chi connectivity index (χ0n) is 10.7. The number of hydrogen-bond acceptors (Lipinski definition) is 2. The molecule has 0 heterocycles. The van der Waals surface area contributed by atoms with Gasteiger partial charge in [-0.3, -0.25) is 0 Å². The van der Waals surface area contributed by atoms with Gasteiger partial charge in [0.1, 0.15) is 0 Å². The van der Waals surface area contributed by atoms with Gasteiger partial charge in [0.15, 0.2) is 11.6 Å². The predicted octanol–water partition coefficient (Wildman–Crippen LogP) is 3.51. The molecule has 1 saturated carbocycles. The van der Waals surface area contributed by atoms with Crippen molar-refractivity contribution in [1.82, 2.24) is 0 Å². The summed E-state index contributed by atoms with van der Waals surface area (Å²) >= 11 is 0. The molecule has 1 aliphatic rings. The Labute approximate surface area is 110 Å². The number of anilines is 1. The highest BCUT2D eigenvalue weighted by molar-refractivity contribution is 5.88. The topological polar surface area (TPSA) is 49.3 Å². The van der Waals surface area contributed by atoms with Crippen molar-refractivity contribution in [3.8, 4) is 0 Å². The lowest BCUT2D eigenvalue weighted by Gasteiger charge is -2.13. The van der Waals surface area contributed by atoms with Crippen LogP contribution in [0.1, 0.15) is 36.5 Å². The quantitative estimate of drug-likeness (QED) is 0.879. The lowest BCUT2D eigenvalue weighted by molar-refractivity contribution is 0.0690. The van der Waals surface area contributed by atoms with E-state index in [9.17, 15) is 13.6 Å². The van der Waals surface area contributed by atoms with Crippen molar-refractivity contribution in [2.45, 2.75) is 26.2 Å². The fraction of sp³-hybridized carbons (Fsp3) is 0.500. The minimum atomic E-state index is -1.47. The minimum absolute atomic E-state index is 0.0297. The van der Waals surface area contributed by atoms with E-state index in [0.717, 1.165) is 18.9 Å². The van der Waals surface area contributed by atoms with Gasteiger partial charge in [-0.25, -0.2) is 13.6 Å². The second kappa shape index (κ2) is 5.55. The summed E-state index contributed by atoms with van der Waals surface area (Å²) < 4.78 is 27.2. The number of nitrogens with one attached hydrogen (secondary N) is 1. The maximum Gasteiger partial charge on any atom is 0.338 e. The summed E-state index contributed by atoms with van der Waals surface area (Å²) in [6.07, 6.45) is 3.34. The first-order valence-electron chi connectivity index (χ1n) is 6.44. The Morgan fingerprint density at radius 3 is 2.68 bits per heavy atom. The first-order chi connectivity index (χ1) is 8.99. The Morgan fingerprint density at radius 1 is 1.37 bits per heavy atom. The molecule has 2 N–H and O–H groups in total. The zero-order chi connectivity index (χ0) is 14.0. The van der Waals surface area contributed by atoms with Gasteiger partial charge in [0, 0.05) is 6.54 Å². The van der Waals surface area contributed by atoms with Crippen molar-refractivity contribution in [3.05, 3.63) is 29.3 Å². The van der Waals surface area contributed by atoms with Crippen LogP contribution >= 0.6 is 0 Å². The van der Waals surface area contributed by atoms with Crippen molar-refractivity contribution in [3.63, 3.8) is 0 Å². The summed E-state index contributed by atoms with van der Waals surface area (Å²) in [5.41, 5.74) is -0.611. The fourth-order valence-electron chi connectivity index (χ4n) is 2.62. The van der Waals surface area contributed by atoms with Crippen molar-refractivity contribution in [1.29, 1.82) is 0 Å². The first kappa shape index (κ1) is 13.8. The van der Waals surface area contributed by atoms with E-state index in [1.165, 1.54) is 12.5 Å². The number of hydrogen-bond donors (Lipinski definition) is 2. The largest absolute Gasteiger partial charge is 0.478 e. The van der Waals surface area contributed by atoms with Crippen LogP contribution in [0.2, 0.25) is 0 Å². The molecule has 0 saturated heterocycles. The second-order valence-electron chi connectivity index (χ2n) is 5.26. The standard InChI is InChI=1S/C14H17F2NO2/c1-8-2-3-9(6-8)7-17-11-5-4-10(14(18)19)12(15)13(11)16/h4-5,8-9,17H,2-3,6-7H2,1H3,(H,18,19). The summed E-state index contributed by atoms with van der Waals surface area (Å²) in [7, 11) is 0. The van der Waals surface area contributed by atoms with Crippen LogP contribution in [0.3, 0.4) is 0 Å². The van der Waals surface area contributed by atoms with E-state index < -0.39 is 23.2 Å². The molecular formula is C14H17F2NO2. The van der Waals surface area contributed by atoms with Crippen molar-refractivity contribution in [2.75, 3.05) is 11.9 Å². The highest BCUT2D eigenvalue weighted by Crippen LogP contribution is 2.31. The fourth-order valence-corrected chi connectivity index (χ4v) is 2.62. The summed E-state index contributed by atoms with van der Waals surface area (Å²) in [5, 5.41) is 11.6. The molecule has 2 unspecified atom stereocenters. The van der Waals surface area contributed by atoms with E-state index in [1.54, 1.807) is 0 Å². The second-order valence-corrected chi connectivity index (χ2v) is 5.26. The number of benzene rings is 1. The average Bonchev–Trinajstić information content (AvgIpc) is 2.76. The molecule has 5 heteroatoms. The molecule has 1 aliphatic carbocycles.